The van der Waals surface area contributed by atoms with E-state index in [9.17, 15) is 4.79 Å². The van der Waals surface area contributed by atoms with Gasteiger partial charge in [-0.25, -0.2) is 0 Å². The van der Waals surface area contributed by atoms with Crippen molar-refractivity contribution in [1.82, 2.24) is 10.6 Å². The molecule has 4 unspecified atom stereocenters. The molecule has 3 heteroatoms. The lowest BCUT2D eigenvalue weighted by Gasteiger charge is -2.39. The Morgan fingerprint density at radius 3 is 2.79 bits per heavy atom. The molecule has 1 amide bonds. The van der Waals surface area contributed by atoms with Gasteiger partial charge in [0.15, 0.2) is 0 Å². The summed E-state index contributed by atoms with van der Waals surface area (Å²) < 4.78 is 0. The Bertz CT molecular complexity index is 353. The molecule has 2 aliphatic carbocycles. The normalized spacial score (nSPS) is 40.9. The van der Waals surface area contributed by atoms with Crippen molar-refractivity contribution >= 4 is 5.91 Å². The fourth-order valence-electron chi connectivity index (χ4n) is 4.50. The van der Waals surface area contributed by atoms with Gasteiger partial charge in [0.2, 0.25) is 5.91 Å². The Kier molecular flexibility index (Phi) is 3.59. The van der Waals surface area contributed by atoms with E-state index in [1.807, 2.05) is 0 Å². The van der Waals surface area contributed by atoms with Crippen molar-refractivity contribution in [3.63, 3.8) is 0 Å². The van der Waals surface area contributed by atoms with Crippen LogP contribution in [0.1, 0.15) is 58.8 Å². The van der Waals surface area contributed by atoms with Gasteiger partial charge >= 0.3 is 0 Å². The molecule has 0 spiro atoms. The maximum Gasteiger partial charge on any atom is 0.237 e. The van der Waals surface area contributed by atoms with Crippen molar-refractivity contribution in [3.8, 4) is 0 Å². The Morgan fingerprint density at radius 1 is 1.16 bits per heavy atom. The fourth-order valence-corrected chi connectivity index (χ4v) is 4.50. The lowest BCUT2D eigenvalue weighted by Crippen LogP contribution is -2.53. The fraction of sp³-hybridized carbons (Fsp3) is 0.938. The van der Waals surface area contributed by atoms with Crippen LogP contribution in [-0.2, 0) is 4.79 Å². The number of fused-ring (bicyclic) bond motifs is 1. The van der Waals surface area contributed by atoms with Crippen LogP contribution in [0.4, 0.5) is 0 Å². The smallest absolute Gasteiger partial charge is 0.237 e. The summed E-state index contributed by atoms with van der Waals surface area (Å²) in [4.78, 5) is 12.6. The first-order valence-corrected chi connectivity index (χ1v) is 8.12. The van der Waals surface area contributed by atoms with Crippen LogP contribution in [0.2, 0.25) is 0 Å². The predicted molar refractivity (Wildman–Crippen MR) is 76.8 cm³/mol. The zero-order chi connectivity index (χ0) is 13.5. The molecule has 3 rings (SSSR count). The minimum Gasteiger partial charge on any atom is -0.351 e. The van der Waals surface area contributed by atoms with Crippen molar-refractivity contribution in [1.29, 1.82) is 0 Å². The van der Waals surface area contributed by atoms with Crippen molar-refractivity contribution in [3.05, 3.63) is 0 Å². The molecule has 1 saturated heterocycles. The quantitative estimate of drug-likeness (QED) is 0.804. The summed E-state index contributed by atoms with van der Waals surface area (Å²) in [5.41, 5.74) is 0.265. The summed E-state index contributed by atoms with van der Waals surface area (Å²) >= 11 is 0. The van der Waals surface area contributed by atoms with E-state index < -0.39 is 0 Å². The molecule has 1 heterocycles. The van der Waals surface area contributed by atoms with Gasteiger partial charge in [-0.1, -0.05) is 33.1 Å². The molecule has 0 aromatic heterocycles. The molecule has 1 aliphatic heterocycles. The van der Waals surface area contributed by atoms with Crippen LogP contribution >= 0.6 is 0 Å². The Balaban J connectivity index is 1.61. The first-order chi connectivity index (χ1) is 9.08. The van der Waals surface area contributed by atoms with Crippen LogP contribution in [0, 0.1) is 17.3 Å². The van der Waals surface area contributed by atoms with Crippen LogP contribution in [0.25, 0.3) is 0 Å². The van der Waals surface area contributed by atoms with Gasteiger partial charge in [-0.05, 0) is 49.5 Å². The average Bonchev–Trinajstić information content (AvgIpc) is 2.93. The molecule has 2 N–H and O–H groups in total. The van der Waals surface area contributed by atoms with Gasteiger partial charge in [0.25, 0.3) is 0 Å². The Labute approximate surface area is 116 Å². The van der Waals surface area contributed by atoms with Crippen LogP contribution in [0.15, 0.2) is 0 Å². The second-order valence-corrected chi connectivity index (χ2v) is 7.54. The zero-order valence-electron chi connectivity index (χ0n) is 12.4. The number of nitrogens with one attached hydrogen (secondary N) is 2. The van der Waals surface area contributed by atoms with E-state index in [0.717, 1.165) is 18.9 Å². The van der Waals surface area contributed by atoms with E-state index in [4.69, 9.17) is 0 Å². The van der Waals surface area contributed by atoms with Crippen LogP contribution in [0.5, 0.6) is 0 Å². The van der Waals surface area contributed by atoms with Gasteiger partial charge < -0.3 is 10.6 Å². The van der Waals surface area contributed by atoms with E-state index in [0.29, 0.717) is 12.0 Å². The lowest BCUT2D eigenvalue weighted by atomic mass is 9.73. The average molecular weight is 264 g/mol. The highest BCUT2D eigenvalue weighted by molar-refractivity contribution is 5.83. The molecule has 3 nitrogen and oxygen atoms in total. The third-order valence-electron chi connectivity index (χ3n) is 5.85. The third kappa shape index (κ3) is 2.54. The van der Waals surface area contributed by atoms with Crippen LogP contribution in [-0.4, -0.2) is 24.5 Å². The van der Waals surface area contributed by atoms with E-state index in [2.05, 4.69) is 24.5 Å². The first-order valence-electron chi connectivity index (χ1n) is 8.12. The van der Waals surface area contributed by atoms with Gasteiger partial charge in [-0.15, -0.1) is 0 Å². The van der Waals surface area contributed by atoms with Gasteiger partial charge in [0.1, 0.15) is 0 Å². The molecule has 0 aromatic rings. The van der Waals surface area contributed by atoms with Gasteiger partial charge in [-0.3, -0.25) is 4.79 Å². The SMILES string of the molecule is CC1(C)CCCCC1NC(=O)C1NCC2CCCC21. The largest absolute Gasteiger partial charge is 0.351 e. The standard InChI is InChI=1S/C16H28N2O/c1-16(2)9-4-3-8-13(16)18-15(19)14-12-7-5-6-11(12)10-17-14/h11-14,17H,3-10H2,1-2H3,(H,18,19). The highest BCUT2D eigenvalue weighted by Gasteiger charge is 2.43. The molecule has 19 heavy (non-hydrogen) atoms. The minimum absolute atomic E-state index is 0.0882. The minimum atomic E-state index is 0.0882. The second-order valence-electron chi connectivity index (χ2n) is 7.54. The highest BCUT2D eigenvalue weighted by Crippen LogP contribution is 2.39. The van der Waals surface area contributed by atoms with Crippen LogP contribution in [0.3, 0.4) is 0 Å². The lowest BCUT2D eigenvalue weighted by molar-refractivity contribution is -0.125. The topological polar surface area (TPSA) is 41.1 Å². The monoisotopic (exact) mass is 264 g/mol. The van der Waals surface area contributed by atoms with Gasteiger partial charge in [0.05, 0.1) is 6.04 Å². The number of carbonyl (C=O) groups excluding carboxylic acids is 1. The summed E-state index contributed by atoms with van der Waals surface area (Å²) in [6.07, 6.45) is 8.84. The summed E-state index contributed by atoms with van der Waals surface area (Å²) in [5, 5.41) is 6.83. The zero-order valence-corrected chi connectivity index (χ0v) is 12.4. The van der Waals surface area contributed by atoms with Crippen LogP contribution < -0.4 is 10.6 Å². The maximum absolute atomic E-state index is 12.6. The van der Waals surface area contributed by atoms with Crippen molar-refractivity contribution in [2.24, 2.45) is 17.3 Å². The molecular formula is C16H28N2O. The maximum atomic E-state index is 12.6. The molecule has 108 valence electrons. The highest BCUT2D eigenvalue weighted by atomic mass is 16.2. The summed E-state index contributed by atoms with van der Waals surface area (Å²) in [6.45, 7) is 5.66. The number of amides is 1. The molecule has 0 radical (unpaired) electrons. The van der Waals surface area contributed by atoms with Gasteiger partial charge in [-0.2, -0.15) is 0 Å². The van der Waals surface area contributed by atoms with E-state index in [-0.39, 0.29) is 17.4 Å². The molecule has 0 aromatic carbocycles. The third-order valence-corrected chi connectivity index (χ3v) is 5.85. The van der Waals surface area contributed by atoms with E-state index >= 15 is 0 Å². The molecule has 2 saturated carbocycles. The number of hydrogen-bond donors (Lipinski definition) is 2. The number of carbonyl (C=O) groups is 1. The molecule has 3 fully saturated rings. The summed E-state index contributed by atoms with van der Waals surface area (Å²) in [7, 11) is 0. The molecular weight excluding hydrogens is 236 g/mol. The predicted octanol–water partition coefficient (Wildman–Crippen LogP) is 2.46. The van der Waals surface area contributed by atoms with E-state index in [1.165, 1.54) is 38.5 Å². The number of rotatable bonds is 2. The Hall–Kier alpha value is -0.570. The van der Waals surface area contributed by atoms with Crippen molar-refractivity contribution in [2.45, 2.75) is 70.9 Å². The van der Waals surface area contributed by atoms with Crippen molar-refractivity contribution in [2.75, 3.05) is 6.54 Å². The summed E-state index contributed by atoms with van der Waals surface area (Å²) in [5.74, 6) is 1.64. The molecule has 0 bridgehead atoms. The van der Waals surface area contributed by atoms with E-state index in [1.54, 1.807) is 0 Å². The van der Waals surface area contributed by atoms with Crippen molar-refractivity contribution < 1.29 is 4.79 Å². The first kappa shape index (κ1) is 13.4. The second kappa shape index (κ2) is 5.08. The molecule has 3 aliphatic rings. The van der Waals surface area contributed by atoms with Gasteiger partial charge in [0, 0.05) is 6.04 Å². The number of hydrogen-bond acceptors (Lipinski definition) is 2. The molecule has 4 atom stereocenters. The Morgan fingerprint density at radius 2 is 2.00 bits per heavy atom. The summed E-state index contributed by atoms with van der Waals surface area (Å²) in [6, 6.07) is 0.459.